The fraction of sp³-hybridized carbons (Fsp3) is 0.933. The Morgan fingerprint density at radius 2 is 2.25 bits per heavy atom. The molecule has 3 N–H and O–H groups in total. The first-order chi connectivity index (χ1) is 9.35. The fourth-order valence-corrected chi connectivity index (χ4v) is 4.47. The number of rotatable bonds is 6. The van der Waals surface area contributed by atoms with Gasteiger partial charge in [0.2, 0.25) is 5.91 Å². The summed E-state index contributed by atoms with van der Waals surface area (Å²) >= 11 is 1.90. The molecule has 1 amide bonds. The normalized spacial score (nSPS) is 36.0. The van der Waals surface area contributed by atoms with E-state index in [0.717, 1.165) is 31.0 Å². The summed E-state index contributed by atoms with van der Waals surface area (Å²) in [6.45, 7) is 9.05. The van der Waals surface area contributed by atoms with Gasteiger partial charge in [-0.15, -0.1) is 0 Å². The molecule has 2 fully saturated rings. The topological polar surface area (TPSA) is 64.4 Å². The summed E-state index contributed by atoms with van der Waals surface area (Å²) in [5, 5.41) is 3.12. The molecule has 20 heavy (non-hydrogen) atoms. The van der Waals surface area contributed by atoms with Gasteiger partial charge in [-0.05, 0) is 31.3 Å². The Hall–Kier alpha value is -0.260. The zero-order valence-corrected chi connectivity index (χ0v) is 13.9. The molecule has 1 saturated carbocycles. The maximum absolute atomic E-state index is 12.6. The highest BCUT2D eigenvalue weighted by Gasteiger charge is 2.71. The van der Waals surface area contributed by atoms with Gasteiger partial charge in [0.15, 0.2) is 0 Å². The SMILES string of the molecule is CCSCCC(C)NC(=O)C1(N)C2CCOC2C1(C)C. The maximum Gasteiger partial charge on any atom is 0.241 e. The lowest BCUT2D eigenvalue weighted by Gasteiger charge is -2.60. The van der Waals surface area contributed by atoms with Crippen LogP contribution in [0, 0.1) is 11.3 Å². The number of thioether (sulfide) groups is 1. The largest absolute Gasteiger partial charge is 0.377 e. The molecule has 1 saturated heterocycles. The van der Waals surface area contributed by atoms with Crippen LogP contribution in [-0.4, -0.2) is 41.7 Å². The average molecular weight is 300 g/mol. The summed E-state index contributed by atoms with van der Waals surface area (Å²) in [6.07, 6.45) is 2.04. The molecule has 116 valence electrons. The van der Waals surface area contributed by atoms with Crippen molar-refractivity contribution < 1.29 is 9.53 Å². The standard InChI is InChI=1S/C15H28N2O2S/c1-5-20-9-7-10(2)17-13(18)15(16)11-6-8-19-12(11)14(15,3)4/h10-12H,5-9,16H2,1-4H3,(H,17,18). The number of nitrogens with two attached hydrogens (primary N) is 1. The van der Waals surface area contributed by atoms with E-state index in [1.807, 2.05) is 11.8 Å². The molecular formula is C15H28N2O2S. The van der Waals surface area contributed by atoms with Gasteiger partial charge in [-0.3, -0.25) is 4.79 Å². The lowest BCUT2D eigenvalue weighted by Crippen LogP contribution is -2.80. The fourth-order valence-electron chi connectivity index (χ4n) is 3.67. The summed E-state index contributed by atoms with van der Waals surface area (Å²) < 4.78 is 5.73. The third-order valence-corrected chi connectivity index (χ3v) is 6.04. The zero-order chi connectivity index (χ0) is 15.0. The highest BCUT2D eigenvalue weighted by atomic mass is 32.2. The Bertz CT molecular complexity index is 375. The molecule has 0 spiro atoms. The molecular weight excluding hydrogens is 272 g/mol. The Kier molecular flexibility index (Phi) is 4.72. The minimum absolute atomic E-state index is 0.00301. The molecule has 5 heteroatoms. The van der Waals surface area contributed by atoms with Crippen LogP contribution in [0.5, 0.6) is 0 Å². The van der Waals surface area contributed by atoms with Crippen molar-refractivity contribution in [1.29, 1.82) is 0 Å². The molecule has 0 aromatic carbocycles. The van der Waals surface area contributed by atoms with Crippen molar-refractivity contribution in [3.8, 4) is 0 Å². The number of carbonyl (C=O) groups is 1. The van der Waals surface area contributed by atoms with Crippen molar-refractivity contribution in [2.75, 3.05) is 18.1 Å². The van der Waals surface area contributed by atoms with Crippen LogP contribution >= 0.6 is 11.8 Å². The number of carbonyl (C=O) groups excluding carboxylic acids is 1. The average Bonchev–Trinajstić information content (AvgIpc) is 2.85. The van der Waals surface area contributed by atoms with Crippen molar-refractivity contribution in [2.24, 2.45) is 17.1 Å². The van der Waals surface area contributed by atoms with Crippen molar-refractivity contribution in [2.45, 2.75) is 58.2 Å². The van der Waals surface area contributed by atoms with E-state index in [-0.39, 0.29) is 29.4 Å². The molecule has 1 aliphatic carbocycles. The quantitative estimate of drug-likeness (QED) is 0.734. The minimum atomic E-state index is -0.777. The number of hydrogen-bond acceptors (Lipinski definition) is 4. The van der Waals surface area contributed by atoms with E-state index in [9.17, 15) is 4.79 Å². The monoisotopic (exact) mass is 300 g/mol. The first-order valence-electron chi connectivity index (χ1n) is 7.64. The summed E-state index contributed by atoms with van der Waals surface area (Å²) in [4.78, 5) is 12.6. The zero-order valence-electron chi connectivity index (χ0n) is 13.1. The number of hydrogen-bond donors (Lipinski definition) is 2. The smallest absolute Gasteiger partial charge is 0.241 e. The van der Waals surface area contributed by atoms with Gasteiger partial charge < -0.3 is 15.8 Å². The van der Waals surface area contributed by atoms with Crippen molar-refractivity contribution in [1.82, 2.24) is 5.32 Å². The van der Waals surface area contributed by atoms with Crippen LogP contribution in [-0.2, 0) is 9.53 Å². The Morgan fingerprint density at radius 3 is 2.90 bits per heavy atom. The van der Waals surface area contributed by atoms with Gasteiger partial charge >= 0.3 is 0 Å². The molecule has 4 unspecified atom stereocenters. The second-order valence-electron chi connectivity index (χ2n) is 6.64. The van der Waals surface area contributed by atoms with E-state index < -0.39 is 5.54 Å². The summed E-state index contributed by atoms with van der Waals surface area (Å²) in [6, 6.07) is 0.180. The second kappa shape index (κ2) is 5.85. The summed E-state index contributed by atoms with van der Waals surface area (Å²) in [5.41, 5.74) is 5.46. The molecule has 0 aromatic rings. The molecule has 1 heterocycles. The maximum atomic E-state index is 12.6. The number of nitrogens with one attached hydrogen (secondary N) is 1. The highest BCUT2D eigenvalue weighted by molar-refractivity contribution is 7.99. The van der Waals surface area contributed by atoms with Crippen molar-refractivity contribution >= 4 is 17.7 Å². The summed E-state index contributed by atoms with van der Waals surface area (Å²) in [5.74, 6) is 2.38. The molecule has 2 rings (SSSR count). The summed E-state index contributed by atoms with van der Waals surface area (Å²) in [7, 11) is 0. The second-order valence-corrected chi connectivity index (χ2v) is 8.03. The first kappa shape index (κ1) is 16.1. The van der Waals surface area contributed by atoms with Crippen LogP contribution in [0.25, 0.3) is 0 Å². The molecule has 0 bridgehead atoms. The molecule has 0 radical (unpaired) electrons. The van der Waals surface area contributed by atoms with E-state index in [1.165, 1.54) is 0 Å². The molecule has 2 aliphatic rings. The molecule has 1 aliphatic heterocycles. The Labute approximate surface area is 126 Å². The van der Waals surface area contributed by atoms with Gasteiger partial charge in [0.05, 0.1) is 6.10 Å². The van der Waals surface area contributed by atoms with Gasteiger partial charge in [0.25, 0.3) is 0 Å². The third-order valence-electron chi connectivity index (χ3n) is 5.11. The van der Waals surface area contributed by atoms with E-state index in [0.29, 0.717) is 0 Å². The Morgan fingerprint density at radius 1 is 1.55 bits per heavy atom. The van der Waals surface area contributed by atoms with Gasteiger partial charge in [-0.1, -0.05) is 20.8 Å². The van der Waals surface area contributed by atoms with Gasteiger partial charge in [-0.2, -0.15) is 11.8 Å². The lowest BCUT2D eigenvalue weighted by molar-refractivity contribution is -0.175. The van der Waals surface area contributed by atoms with Crippen LogP contribution in [0.15, 0.2) is 0 Å². The highest BCUT2D eigenvalue weighted by Crippen LogP contribution is 2.58. The first-order valence-corrected chi connectivity index (χ1v) is 8.80. The van der Waals surface area contributed by atoms with E-state index in [1.54, 1.807) is 0 Å². The molecule has 4 atom stereocenters. The molecule has 0 aromatic heterocycles. The van der Waals surface area contributed by atoms with Crippen LogP contribution in [0.3, 0.4) is 0 Å². The van der Waals surface area contributed by atoms with Crippen molar-refractivity contribution in [3.63, 3.8) is 0 Å². The third kappa shape index (κ3) is 2.38. The number of amides is 1. The van der Waals surface area contributed by atoms with Crippen LogP contribution in [0.1, 0.15) is 40.5 Å². The van der Waals surface area contributed by atoms with Gasteiger partial charge in [0.1, 0.15) is 5.54 Å². The lowest BCUT2D eigenvalue weighted by atomic mass is 9.48. The van der Waals surface area contributed by atoms with E-state index in [4.69, 9.17) is 10.5 Å². The Balaban J connectivity index is 1.94. The van der Waals surface area contributed by atoms with Crippen LogP contribution in [0.4, 0.5) is 0 Å². The van der Waals surface area contributed by atoms with Crippen LogP contribution < -0.4 is 11.1 Å². The molecule has 4 nitrogen and oxygen atoms in total. The van der Waals surface area contributed by atoms with Crippen molar-refractivity contribution in [3.05, 3.63) is 0 Å². The van der Waals surface area contributed by atoms with Crippen LogP contribution in [0.2, 0.25) is 0 Å². The van der Waals surface area contributed by atoms with Gasteiger partial charge in [0, 0.05) is 24.0 Å². The predicted octanol–water partition coefficient (Wildman–Crippen LogP) is 1.78. The van der Waals surface area contributed by atoms with E-state index in [2.05, 4.69) is 33.0 Å². The van der Waals surface area contributed by atoms with E-state index >= 15 is 0 Å². The number of fused-ring (bicyclic) bond motifs is 1. The number of ether oxygens (including phenoxy) is 1. The van der Waals surface area contributed by atoms with Gasteiger partial charge in [-0.25, -0.2) is 0 Å². The minimum Gasteiger partial charge on any atom is -0.377 e. The predicted molar refractivity (Wildman–Crippen MR) is 83.8 cm³/mol.